The van der Waals surface area contributed by atoms with Gasteiger partial charge in [0, 0.05) is 34.3 Å². The van der Waals surface area contributed by atoms with Crippen LogP contribution in [0.1, 0.15) is 23.7 Å². The molecule has 0 spiro atoms. The molecule has 0 bridgehead atoms. The van der Waals surface area contributed by atoms with Crippen LogP contribution in [0.5, 0.6) is 0 Å². The van der Waals surface area contributed by atoms with Gasteiger partial charge in [-0.2, -0.15) is 0 Å². The van der Waals surface area contributed by atoms with Crippen molar-refractivity contribution in [2.24, 2.45) is 5.92 Å². The van der Waals surface area contributed by atoms with E-state index in [0.29, 0.717) is 21.7 Å². The summed E-state index contributed by atoms with van der Waals surface area (Å²) in [6.45, 7) is 3.30. The maximum Gasteiger partial charge on any atom is 0.270 e. The van der Waals surface area contributed by atoms with Crippen LogP contribution >= 0.6 is 22.6 Å². The van der Waals surface area contributed by atoms with Gasteiger partial charge in [0.1, 0.15) is 0 Å². The number of hydrogen-bond donors (Lipinski definition) is 1. The number of hydrogen-bond acceptors (Lipinski definition) is 4. The molecule has 1 N–H and O–H groups in total. The molecule has 0 aliphatic carbocycles. The van der Waals surface area contributed by atoms with Crippen LogP contribution < -0.4 is 5.32 Å². The van der Waals surface area contributed by atoms with Gasteiger partial charge in [-0.25, -0.2) is 0 Å². The number of non-ortho nitro benzene ring substituents is 1. The second kappa shape index (κ2) is 6.49. The molecule has 1 aliphatic heterocycles. The second-order valence-electron chi connectivity index (χ2n) is 4.81. The van der Waals surface area contributed by atoms with E-state index in [-0.39, 0.29) is 17.6 Å². The van der Waals surface area contributed by atoms with E-state index >= 15 is 0 Å². The van der Waals surface area contributed by atoms with Gasteiger partial charge in [-0.1, -0.05) is 0 Å². The van der Waals surface area contributed by atoms with Gasteiger partial charge >= 0.3 is 0 Å². The number of nitro groups is 1. The SMILES string of the molecule is CC(NC(=O)c1cc([N+](=O)[O-])ccc1I)C1CCOC1. The summed E-state index contributed by atoms with van der Waals surface area (Å²) in [7, 11) is 0. The van der Waals surface area contributed by atoms with Crippen molar-refractivity contribution in [1.82, 2.24) is 5.32 Å². The molecule has 2 rings (SSSR count). The van der Waals surface area contributed by atoms with Crippen molar-refractivity contribution in [3.05, 3.63) is 37.4 Å². The maximum atomic E-state index is 12.2. The number of ether oxygens (including phenoxy) is 1. The van der Waals surface area contributed by atoms with E-state index in [1.165, 1.54) is 12.1 Å². The minimum absolute atomic E-state index is 0.0138. The lowest BCUT2D eigenvalue weighted by molar-refractivity contribution is -0.384. The first-order chi connectivity index (χ1) is 9.49. The molecular formula is C13H15IN2O4. The number of halogens is 1. The van der Waals surface area contributed by atoms with Crippen molar-refractivity contribution < 1.29 is 14.5 Å². The number of carbonyl (C=O) groups excluding carboxylic acids is 1. The van der Waals surface area contributed by atoms with Crippen molar-refractivity contribution in [2.75, 3.05) is 13.2 Å². The summed E-state index contributed by atoms with van der Waals surface area (Å²) < 4.78 is 5.99. The number of rotatable bonds is 4. The molecule has 2 unspecified atom stereocenters. The monoisotopic (exact) mass is 390 g/mol. The van der Waals surface area contributed by atoms with E-state index in [1.54, 1.807) is 6.07 Å². The molecule has 108 valence electrons. The van der Waals surface area contributed by atoms with Gasteiger partial charge in [0.2, 0.25) is 0 Å². The molecule has 1 aromatic carbocycles. The topological polar surface area (TPSA) is 81.5 Å². The van der Waals surface area contributed by atoms with Crippen LogP contribution in [0, 0.1) is 19.6 Å². The van der Waals surface area contributed by atoms with Crippen LogP contribution in [-0.2, 0) is 4.74 Å². The predicted octanol–water partition coefficient (Wildman–Crippen LogP) is 2.35. The Kier molecular flexibility index (Phi) is 4.92. The molecule has 1 fully saturated rings. The van der Waals surface area contributed by atoms with E-state index in [0.717, 1.165) is 13.0 Å². The van der Waals surface area contributed by atoms with Crippen LogP contribution in [0.25, 0.3) is 0 Å². The summed E-state index contributed by atoms with van der Waals surface area (Å²) in [5, 5.41) is 13.7. The summed E-state index contributed by atoms with van der Waals surface area (Å²) in [4.78, 5) is 22.5. The van der Waals surface area contributed by atoms with E-state index in [9.17, 15) is 14.9 Å². The molecule has 6 nitrogen and oxygen atoms in total. The van der Waals surface area contributed by atoms with E-state index in [4.69, 9.17) is 4.74 Å². The summed E-state index contributed by atoms with van der Waals surface area (Å²) in [6.07, 6.45) is 0.924. The van der Waals surface area contributed by atoms with Crippen molar-refractivity contribution >= 4 is 34.2 Å². The van der Waals surface area contributed by atoms with Crippen molar-refractivity contribution in [1.29, 1.82) is 0 Å². The zero-order chi connectivity index (χ0) is 14.7. The average molecular weight is 390 g/mol. The van der Waals surface area contributed by atoms with Gasteiger partial charge < -0.3 is 10.1 Å². The molecule has 20 heavy (non-hydrogen) atoms. The van der Waals surface area contributed by atoms with Crippen LogP contribution in [0.15, 0.2) is 18.2 Å². The first-order valence-corrected chi connectivity index (χ1v) is 7.39. The Balaban J connectivity index is 2.11. The number of nitrogens with one attached hydrogen (secondary N) is 1. The third-order valence-electron chi connectivity index (χ3n) is 3.44. The molecule has 1 heterocycles. The van der Waals surface area contributed by atoms with Gasteiger partial charge in [0.05, 0.1) is 17.1 Å². The fraction of sp³-hybridized carbons (Fsp3) is 0.462. The van der Waals surface area contributed by atoms with Gasteiger partial charge in [-0.05, 0) is 42.0 Å². The highest BCUT2D eigenvalue weighted by molar-refractivity contribution is 14.1. The molecule has 1 saturated heterocycles. The van der Waals surface area contributed by atoms with Gasteiger partial charge in [-0.15, -0.1) is 0 Å². The molecule has 1 aliphatic rings. The van der Waals surface area contributed by atoms with Crippen molar-refractivity contribution in [3.8, 4) is 0 Å². The number of amides is 1. The van der Waals surface area contributed by atoms with Gasteiger partial charge in [0.15, 0.2) is 0 Å². The maximum absolute atomic E-state index is 12.2. The third-order valence-corrected chi connectivity index (χ3v) is 4.38. The zero-order valence-corrected chi connectivity index (χ0v) is 13.1. The van der Waals surface area contributed by atoms with Gasteiger partial charge in [-0.3, -0.25) is 14.9 Å². The van der Waals surface area contributed by atoms with Crippen LogP contribution in [0.4, 0.5) is 5.69 Å². The molecular weight excluding hydrogens is 375 g/mol. The van der Waals surface area contributed by atoms with Crippen molar-refractivity contribution in [3.63, 3.8) is 0 Å². The Hall–Kier alpha value is -1.22. The standard InChI is InChI=1S/C13H15IN2O4/c1-8(9-4-5-20-7-9)15-13(17)11-6-10(16(18)19)2-3-12(11)14/h2-3,6,8-9H,4-5,7H2,1H3,(H,15,17). The fourth-order valence-corrected chi connectivity index (χ4v) is 2.73. The number of nitrogens with zero attached hydrogens (tertiary/aromatic N) is 1. The quantitative estimate of drug-likeness (QED) is 0.486. The fourth-order valence-electron chi connectivity index (χ4n) is 2.15. The molecule has 0 radical (unpaired) electrons. The van der Waals surface area contributed by atoms with Gasteiger partial charge in [0.25, 0.3) is 11.6 Å². The Morgan fingerprint density at radius 1 is 1.60 bits per heavy atom. The smallest absolute Gasteiger partial charge is 0.270 e. The Labute approximate surface area is 130 Å². The second-order valence-corrected chi connectivity index (χ2v) is 5.97. The third kappa shape index (κ3) is 3.45. The highest BCUT2D eigenvalue weighted by Gasteiger charge is 2.25. The Bertz CT molecular complexity index is 529. The highest BCUT2D eigenvalue weighted by Crippen LogP contribution is 2.21. The first-order valence-electron chi connectivity index (χ1n) is 6.31. The van der Waals surface area contributed by atoms with E-state index in [2.05, 4.69) is 5.32 Å². The lowest BCUT2D eigenvalue weighted by atomic mass is 10.0. The molecule has 7 heteroatoms. The largest absolute Gasteiger partial charge is 0.381 e. The molecule has 0 aromatic heterocycles. The average Bonchev–Trinajstić information content (AvgIpc) is 2.92. The molecule has 1 aromatic rings. The Morgan fingerprint density at radius 2 is 2.35 bits per heavy atom. The summed E-state index contributed by atoms with van der Waals surface area (Å²) in [5.74, 6) is 0.0211. The Morgan fingerprint density at radius 3 is 2.95 bits per heavy atom. The lowest BCUT2D eigenvalue weighted by Crippen LogP contribution is -2.38. The van der Waals surface area contributed by atoms with Crippen LogP contribution in [0.3, 0.4) is 0 Å². The zero-order valence-electron chi connectivity index (χ0n) is 11.0. The summed E-state index contributed by atoms with van der Waals surface area (Å²) >= 11 is 2.00. The number of nitro benzene ring substituents is 1. The van der Waals surface area contributed by atoms with E-state index in [1.807, 2.05) is 29.5 Å². The minimum atomic E-state index is -0.499. The normalized spacial score (nSPS) is 19.6. The van der Waals surface area contributed by atoms with Crippen molar-refractivity contribution in [2.45, 2.75) is 19.4 Å². The van der Waals surface area contributed by atoms with Crippen LogP contribution in [-0.4, -0.2) is 30.1 Å². The molecule has 2 atom stereocenters. The predicted molar refractivity (Wildman–Crippen MR) is 81.7 cm³/mol. The number of carbonyl (C=O) groups is 1. The number of benzene rings is 1. The van der Waals surface area contributed by atoms with E-state index < -0.39 is 4.92 Å². The summed E-state index contributed by atoms with van der Waals surface area (Å²) in [5.41, 5.74) is 0.262. The molecule has 1 amide bonds. The lowest BCUT2D eigenvalue weighted by Gasteiger charge is -2.19. The minimum Gasteiger partial charge on any atom is -0.381 e. The highest BCUT2D eigenvalue weighted by atomic mass is 127. The first kappa shape index (κ1) is 15.2. The molecule has 0 saturated carbocycles. The summed E-state index contributed by atoms with van der Waals surface area (Å²) in [6, 6.07) is 4.28. The van der Waals surface area contributed by atoms with Crippen LogP contribution in [0.2, 0.25) is 0 Å².